The van der Waals surface area contributed by atoms with Gasteiger partial charge in [0.25, 0.3) is 0 Å². The molecule has 0 saturated carbocycles. The molecule has 3 atom stereocenters. The molecule has 0 aliphatic carbocycles. The number of ether oxygens (including phenoxy) is 1. The van der Waals surface area contributed by atoms with E-state index in [0.29, 0.717) is 12.0 Å². The Morgan fingerprint density at radius 1 is 1.03 bits per heavy atom. The highest BCUT2D eigenvalue weighted by Crippen LogP contribution is 2.44. The van der Waals surface area contributed by atoms with Crippen molar-refractivity contribution in [1.82, 2.24) is 10.6 Å². The predicted octanol–water partition coefficient (Wildman–Crippen LogP) is 5.32. The lowest BCUT2D eigenvalue weighted by Crippen LogP contribution is -2.60. The second-order valence-corrected chi connectivity index (χ2v) is 9.88. The van der Waals surface area contributed by atoms with Crippen molar-refractivity contribution >= 4 is 0 Å². The number of rotatable bonds is 3. The number of hydrogen-bond donors (Lipinski definition) is 2. The standard InChI is InChI=1S/C26H36N2O/c1-25(2,3)21-11-12-23(29-4)22(17-21)20-13-15-26(28-18-20)14-8-16-27-24(26)19-9-6-5-7-10-19/h5-7,9-12,17,20,24,27-28H,8,13-16,18H2,1-4H3/t20-,24?,26+/m1/s1. The van der Waals surface area contributed by atoms with E-state index in [1.165, 1.54) is 42.4 Å². The van der Waals surface area contributed by atoms with E-state index >= 15 is 0 Å². The van der Waals surface area contributed by atoms with Crippen LogP contribution in [0.5, 0.6) is 5.75 Å². The molecular weight excluding hydrogens is 356 g/mol. The Labute approximate surface area is 176 Å². The summed E-state index contributed by atoms with van der Waals surface area (Å²) in [5.74, 6) is 1.53. The summed E-state index contributed by atoms with van der Waals surface area (Å²) in [5.41, 5.74) is 4.46. The van der Waals surface area contributed by atoms with E-state index in [0.717, 1.165) is 18.8 Å². The second-order valence-electron chi connectivity index (χ2n) is 9.88. The van der Waals surface area contributed by atoms with Crippen LogP contribution in [0.4, 0.5) is 0 Å². The molecule has 0 aromatic heterocycles. The van der Waals surface area contributed by atoms with E-state index in [1.807, 2.05) is 0 Å². The van der Waals surface area contributed by atoms with Gasteiger partial charge in [0, 0.05) is 18.0 Å². The molecule has 2 heterocycles. The van der Waals surface area contributed by atoms with Gasteiger partial charge in [0.1, 0.15) is 5.75 Å². The van der Waals surface area contributed by atoms with Crippen LogP contribution in [0.25, 0.3) is 0 Å². The largest absolute Gasteiger partial charge is 0.496 e. The van der Waals surface area contributed by atoms with Gasteiger partial charge >= 0.3 is 0 Å². The number of piperidine rings is 2. The van der Waals surface area contributed by atoms with Crippen LogP contribution < -0.4 is 15.4 Å². The van der Waals surface area contributed by atoms with E-state index in [4.69, 9.17) is 4.74 Å². The third-order valence-corrected chi connectivity index (χ3v) is 7.01. The van der Waals surface area contributed by atoms with Crippen LogP contribution in [0.15, 0.2) is 48.5 Å². The normalized spacial score (nSPS) is 27.7. The molecule has 0 amide bonds. The Morgan fingerprint density at radius 3 is 2.48 bits per heavy atom. The van der Waals surface area contributed by atoms with Crippen molar-refractivity contribution in [3.8, 4) is 5.75 Å². The summed E-state index contributed by atoms with van der Waals surface area (Å²) < 4.78 is 5.75. The molecule has 1 spiro atoms. The zero-order valence-electron chi connectivity index (χ0n) is 18.4. The van der Waals surface area contributed by atoms with Crippen molar-refractivity contribution in [3.05, 3.63) is 65.2 Å². The van der Waals surface area contributed by atoms with Gasteiger partial charge in [-0.2, -0.15) is 0 Å². The van der Waals surface area contributed by atoms with Gasteiger partial charge in [-0.1, -0.05) is 63.2 Å². The highest BCUT2D eigenvalue weighted by Gasteiger charge is 2.44. The lowest BCUT2D eigenvalue weighted by molar-refractivity contribution is 0.131. The van der Waals surface area contributed by atoms with Crippen LogP contribution in [-0.4, -0.2) is 25.7 Å². The van der Waals surface area contributed by atoms with Crippen LogP contribution in [0.3, 0.4) is 0 Å². The van der Waals surface area contributed by atoms with Crippen LogP contribution >= 0.6 is 0 Å². The number of nitrogens with one attached hydrogen (secondary N) is 2. The zero-order chi connectivity index (χ0) is 20.5. The van der Waals surface area contributed by atoms with Gasteiger partial charge in [-0.3, -0.25) is 0 Å². The maximum absolute atomic E-state index is 5.75. The Bertz CT molecular complexity index is 816. The summed E-state index contributed by atoms with van der Waals surface area (Å²) in [6, 6.07) is 18.1. The minimum atomic E-state index is 0.149. The molecular formula is C26H36N2O. The monoisotopic (exact) mass is 392 g/mol. The smallest absolute Gasteiger partial charge is 0.122 e. The van der Waals surface area contributed by atoms with Gasteiger partial charge in [0.2, 0.25) is 0 Å². The summed E-state index contributed by atoms with van der Waals surface area (Å²) in [6.45, 7) is 8.96. The van der Waals surface area contributed by atoms with E-state index in [2.05, 4.69) is 79.9 Å². The molecule has 3 heteroatoms. The van der Waals surface area contributed by atoms with Crippen LogP contribution in [0.2, 0.25) is 0 Å². The van der Waals surface area contributed by atoms with E-state index in [1.54, 1.807) is 7.11 Å². The van der Waals surface area contributed by atoms with Gasteiger partial charge in [0.15, 0.2) is 0 Å². The van der Waals surface area contributed by atoms with Gasteiger partial charge in [-0.25, -0.2) is 0 Å². The average Bonchev–Trinajstić information content (AvgIpc) is 2.74. The van der Waals surface area contributed by atoms with Crippen molar-refractivity contribution in [1.29, 1.82) is 0 Å². The van der Waals surface area contributed by atoms with Crippen molar-refractivity contribution in [3.63, 3.8) is 0 Å². The van der Waals surface area contributed by atoms with Crippen molar-refractivity contribution in [2.24, 2.45) is 0 Å². The Kier molecular flexibility index (Phi) is 5.72. The minimum Gasteiger partial charge on any atom is -0.496 e. The van der Waals surface area contributed by atoms with Gasteiger partial charge in [-0.05, 0) is 60.4 Å². The predicted molar refractivity (Wildman–Crippen MR) is 121 cm³/mol. The van der Waals surface area contributed by atoms with Gasteiger partial charge < -0.3 is 15.4 Å². The molecule has 2 fully saturated rings. The molecule has 2 aromatic carbocycles. The highest BCUT2D eigenvalue weighted by atomic mass is 16.5. The van der Waals surface area contributed by atoms with Crippen molar-refractivity contribution in [2.45, 2.75) is 69.4 Å². The Hall–Kier alpha value is -1.84. The molecule has 1 unspecified atom stereocenters. The first-order valence-electron chi connectivity index (χ1n) is 11.1. The summed E-state index contributed by atoms with van der Waals surface area (Å²) in [5, 5.41) is 7.84. The average molecular weight is 393 g/mol. The van der Waals surface area contributed by atoms with E-state index in [-0.39, 0.29) is 11.0 Å². The van der Waals surface area contributed by atoms with Crippen LogP contribution in [-0.2, 0) is 5.41 Å². The summed E-state index contributed by atoms with van der Waals surface area (Å²) in [6.07, 6.45) is 4.87. The Morgan fingerprint density at radius 2 is 1.83 bits per heavy atom. The molecule has 2 aliphatic heterocycles. The number of hydrogen-bond acceptors (Lipinski definition) is 3. The molecule has 2 saturated heterocycles. The lowest BCUT2D eigenvalue weighted by atomic mass is 9.71. The number of methoxy groups -OCH3 is 1. The SMILES string of the molecule is COc1ccc(C(C)(C)C)cc1[C@@H]1CC[C@]2(CCCNC2c2ccccc2)NC1. The molecule has 4 rings (SSSR count). The fourth-order valence-electron chi connectivity index (χ4n) is 5.27. The molecule has 29 heavy (non-hydrogen) atoms. The minimum absolute atomic E-state index is 0.149. The fraction of sp³-hybridized carbons (Fsp3) is 0.538. The maximum Gasteiger partial charge on any atom is 0.122 e. The van der Waals surface area contributed by atoms with Crippen LogP contribution in [0.1, 0.15) is 75.1 Å². The lowest BCUT2D eigenvalue weighted by Gasteiger charge is -2.50. The first-order chi connectivity index (χ1) is 13.9. The quantitative estimate of drug-likeness (QED) is 0.741. The third-order valence-electron chi connectivity index (χ3n) is 7.01. The van der Waals surface area contributed by atoms with Crippen molar-refractivity contribution < 1.29 is 4.74 Å². The fourth-order valence-corrected chi connectivity index (χ4v) is 5.27. The number of benzene rings is 2. The first-order valence-corrected chi connectivity index (χ1v) is 11.1. The third kappa shape index (κ3) is 4.08. The highest BCUT2D eigenvalue weighted by molar-refractivity contribution is 5.42. The molecule has 2 aliphatic rings. The van der Waals surface area contributed by atoms with Gasteiger partial charge in [-0.15, -0.1) is 0 Å². The Balaban J connectivity index is 1.57. The first kappa shape index (κ1) is 20.4. The molecule has 0 radical (unpaired) electrons. The molecule has 2 N–H and O–H groups in total. The van der Waals surface area contributed by atoms with Crippen LogP contribution in [0, 0.1) is 0 Å². The van der Waals surface area contributed by atoms with E-state index in [9.17, 15) is 0 Å². The molecule has 3 nitrogen and oxygen atoms in total. The second kappa shape index (κ2) is 8.12. The summed E-state index contributed by atoms with van der Waals surface area (Å²) in [7, 11) is 1.80. The van der Waals surface area contributed by atoms with Gasteiger partial charge in [0.05, 0.1) is 13.2 Å². The zero-order valence-corrected chi connectivity index (χ0v) is 18.4. The summed E-state index contributed by atoms with van der Waals surface area (Å²) in [4.78, 5) is 0. The molecule has 0 bridgehead atoms. The maximum atomic E-state index is 5.75. The topological polar surface area (TPSA) is 33.3 Å². The molecule has 156 valence electrons. The van der Waals surface area contributed by atoms with E-state index < -0.39 is 0 Å². The van der Waals surface area contributed by atoms with Crippen molar-refractivity contribution in [2.75, 3.05) is 20.2 Å². The molecule has 2 aromatic rings. The summed E-state index contributed by atoms with van der Waals surface area (Å²) >= 11 is 0.